The molecule has 2 aromatic rings. The average molecular weight is 331 g/mol. The smallest absolute Gasteiger partial charge is 0.204 e. The van der Waals surface area contributed by atoms with Crippen LogP contribution in [-0.2, 0) is 0 Å². The van der Waals surface area contributed by atoms with E-state index in [-0.39, 0.29) is 5.78 Å². The SMILES string of the molecule is Cc1cc(C(=O)c2cc(N)ccc2Cl)sc1Br. The number of carbonyl (C=O) groups is 1. The van der Waals surface area contributed by atoms with E-state index in [1.54, 1.807) is 18.2 Å². The summed E-state index contributed by atoms with van der Waals surface area (Å²) >= 11 is 10.8. The van der Waals surface area contributed by atoms with Crippen molar-refractivity contribution in [2.75, 3.05) is 5.73 Å². The molecule has 0 spiro atoms. The summed E-state index contributed by atoms with van der Waals surface area (Å²) in [5.74, 6) is -0.0962. The third-order valence-electron chi connectivity index (χ3n) is 2.32. The monoisotopic (exact) mass is 329 g/mol. The maximum Gasteiger partial charge on any atom is 0.204 e. The normalized spacial score (nSPS) is 10.5. The van der Waals surface area contributed by atoms with E-state index in [1.165, 1.54) is 11.3 Å². The lowest BCUT2D eigenvalue weighted by Crippen LogP contribution is -2.01. The standard InChI is InChI=1S/C12H9BrClNOS/c1-6-4-10(17-12(6)13)11(16)8-5-7(15)2-3-9(8)14/h2-5H,15H2,1H3. The summed E-state index contributed by atoms with van der Waals surface area (Å²) in [6.45, 7) is 1.94. The number of halogens is 2. The third-order valence-corrected chi connectivity index (χ3v) is 4.78. The summed E-state index contributed by atoms with van der Waals surface area (Å²) in [5.41, 5.74) is 7.68. The van der Waals surface area contributed by atoms with Crippen molar-refractivity contribution in [1.82, 2.24) is 0 Å². The van der Waals surface area contributed by atoms with Crippen LogP contribution in [0.1, 0.15) is 20.8 Å². The van der Waals surface area contributed by atoms with Crippen molar-refractivity contribution in [1.29, 1.82) is 0 Å². The number of hydrogen-bond donors (Lipinski definition) is 1. The number of hydrogen-bond acceptors (Lipinski definition) is 3. The summed E-state index contributed by atoms with van der Waals surface area (Å²) in [6.07, 6.45) is 0. The Hall–Kier alpha value is -0.840. The molecule has 0 aliphatic heterocycles. The van der Waals surface area contributed by atoms with E-state index in [9.17, 15) is 4.79 Å². The van der Waals surface area contributed by atoms with Crippen LogP contribution >= 0.6 is 38.9 Å². The summed E-state index contributed by atoms with van der Waals surface area (Å²) in [6, 6.07) is 6.76. The van der Waals surface area contributed by atoms with Gasteiger partial charge in [-0.1, -0.05) is 11.6 Å². The molecule has 2 N–H and O–H groups in total. The summed E-state index contributed by atoms with van der Waals surface area (Å²) in [7, 11) is 0. The van der Waals surface area contributed by atoms with Crippen LogP contribution in [0, 0.1) is 6.92 Å². The quantitative estimate of drug-likeness (QED) is 0.659. The van der Waals surface area contributed by atoms with Gasteiger partial charge < -0.3 is 5.73 Å². The second kappa shape index (κ2) is 4.80. The van der Waals surface area contributed by atoms with Crippen LogP contribution in [0.25, 0.3) is 0 Å². The van der Waals surface area contributed by atoms with Crippen LogP contribution in [0.3, 0.4) is 0 Å². The number of anilines is 1. The topological polar surface area (TPSA) is 43.1 Å². The molecule has 0 aliphatic carbocycles. The van der Waals surface area contributed by atoms with Crippen molar-refractivity contribution in [3.05, 3.63) is 49.1 Å². The molecule has 1 heterocycles. The number of rotatable bonds is 2. The Morgan fingerprint density at radius 3 is 2.71 bits per heavy atom. The van der Waals surface area contributed by atoms with E-state index in [0.717, 1.165) is 9.35 Å². The molecule has 0 saturated carbocycles. The minimum atomic E-state index is -0.0962. The average Bonchev–Trinajstić information content (AvgIpc) is 2.62. The van der Waals surface area contributed by atoms with Crippen molar-refractivity contribution in [3.8, 4) is 0 Å². The molecule has 0 aliphatic rings. The van der Waals surface area contributed by atoms with Gasteiger partial charge in [0.15, 0.2) is 0 Å². The molecule has 0 unspecified atom stereocenters. The predicted octanol–water partition coefficient (Wildman–Crippen LogP) is 4.29. The summed E-state index contributed by atoms with van der Waals surface area (Å²) < 4.78 is 0.959. The Bertz CT molecular complexity index is 575. The first kappa shape index (κ1) is 12.6. The molecule has 0 atom stereocenters. The molecular weight excluding hydrogens is 322 g/mol. The van der Waals surface area contributed by atoms with Gasteiger partial charge in [0.25, 0.3) is 0 Å². The predicted molar refractivity (Wildman–Crippen MR) is 76.1 cm³/mol. The van der Waals surface area contributed by atoms with Crippen LogP contribution in [0.4, 0.5) is 5.69 Å². The van der Waals surface area contributed by atoms with Crippen LogP contribution in [0.15, 0.2) is 28.1 Å². The van der Waals surface area contributed by atoms with E-state index in [0.29, 0.717) is 21.2 Å². The highest BCUT2D eigenvalue weighted by Gasteiger charge is 2.16. The highest BCUT2D eigenvalue weighted by Crippen LogP contribution is 2.31. The Kier molecular flexibility index (Phi) is 3.56. The van der Waals surface area contributed by atoms with Crippen molar-refractivity contribution >= 4 is 50.3 Å². The molecule has 5 heteroatoms. The molecule has 2 rings (SSSR count). The fraction of sp³-hybridized carbons (Fsp3) is 0.0833. The molecule has 0 fully saturated rings. The maximum atomic E-state index is 12.2. The van der Waals surface area contributed by atoms with Crippen molar-refractivity contribution < 1.29 is 4.79 Å². The molecule has 0 bridgehead atoms. The molecule has 0 radical (unpaired) electrons. The second-order valence-corrected chi connectivity index (χ2v) is 6.41. The zero-order valence-corrected chi connectivity index (χ0v) is 12.1. The van der Waals surface area contributed by atoms with Gasteiger partial charge in [0.2, 0.25) is 5.78 Å². The van der Waals surface area contributed by atoms with Gasteiger partial charge in [-0.05, 0) is 52.7 Å². The summed E-state index contributed by atoms with van der Waals surface area (Å²) in [4.78, 5) is 12.9. The number of nitrogen functional groups attached to an aromatic ring is 1. The molecular formula is C12H9BrClNOS. The molecule has 2 nitrogen and oxygen atoms in total. The minimum absolute atomic E-state index is 0.0962. The van der Waals surface area contributed by atoms with Gasteiger partial charge in [-0.2, -0.15) is 0 Å². The van der Waals surface area contributed by atoms with Gasteiger partial charge in [-0.15, -0.1) is 11.3 Å². The van der Waals surface area contributed by atoms with E-state index in [1.807, 2.05) is 13.0 Å². The van der Waals surface area contributed by atoms with E-state index < -0.39 is 0 Å². The van der Waals surface area contributed by atoms with Crippen LogP contribution in [-0.4, -0.2) is 5.78 Å². The second-order valence-electron chi connectivity index (χ2n) is 3.64. The first-order valence-corrected chi connectivity index (χ1v) is 6.83. The molecule has 1 aromatic heterocycles. The van der Waals surface area contributed by atoms with Crippen molar-refractivity contribution in [2.24, 2.45) is 0 Å². The lowest BCUT2D eigenvalue weighted by molar-refractivity contribution is 0.104. The lowest BCUT2D eigenvalue weighted by Gasteiger charge is -2.02. The van der Waals surface area contributed by atoms with Gasteiger partial charge in [-0.3, -0.25) is 4.79 Å². The number of aryl methyl sites for hydroxylation is 1. The van der Waals surface area contributed by atoms with E-state index in [2.05, 4.69) is 15.9 Å². The van der Waals surface area contributed by atoms with E-state index >= 15 is 0 Å². The Morgan fingerprint density at radius 2 is 2.12 bits per heavy atom. The van der Waals surface area contributed by atoms with Gasteiger partial charge >= 0.3 is 0 Å². The first-order valence-electron chi connectivity index (χ1n) is 4.84. The van der Waals surface area contributed by atoms with Crippen molar-refractivity contribution in [3.63, 3.8) is 0 Å². The molecule has 1 aromatic carbocycles. The zero-order chi connectivity index (χ0) is 12.6. The van der Waals surface area contributed by atoms with Gasteiger partial charge in [0.05, 0.1) is 13.7 Å². The van der Waals surface area contributed by atoms with Gasteiger partial charge in [0.1, 0.15) is 0 Å². The largest absolute Gasteiger partial charge is 0.399 e. The van der Waals surface area contributed by atoms with Gasteiger partial charge in [0, 0.05) is 11.3 Å². The Labute approximate surface area is 117 Å². The number of benzene rings is 1. The summed E-state index contributed by atoms with van der Waals surface area (Å²) in [5, 5.41) is 0.423. The highest BCUT2D eigenvalue weighted by molar-refractivity contribution is 9.11. The maximum absolute atomic E-state index is 12.2. The number of thiophene rings is 1. The molecule has 17 heavy (non-hydrogen) atoms. The molecule has 0 saturated heterocycles. The number of carbonyl (C=O) groups excluding carboxylic acids is 1. The van der Waals surface area contributed by atoms with Crippen LogP contribution in [0.2, 0.25) is 5.02 Å². The Morgan fingerprint density at radius 1 is 1.41 bits per heavy atom. The van der Waals surface area contributed by atoms with Gasteiger partial charge in [-0.25, -0.2) is 0 Å². The molecule has 88 valence electrons. The Balaban J connectivity index is 2.47. The lowest BCUT2D eigenvalue weighted by atomic mass is 10.1. The van der Waals surface area contributed by atoms with E-state index in [4.69, 9.17) is 17.3 Å². The van der Waals surface area contributed by atoms with Crippen LogP contribution in [0.5, 0.6) is 0 Å². The number of nitrogens with two attached hydrogens (primary N) is 1. The zero-order valence-electron chi connectivity index (χ0n) is 8.96. The fourth-order valence-electron chi connectivity index (χ4n) is 1.42. The van der Waals surface area contributed by atoms with Crippen LogP contribution < -0.4 is 5.73 Å². The first-order chi connectivity index (χ1) is 7.99. The third kappa shape index (κ3) is 2.54. The fourth-order valence-corrected chi connectivity index (χ4v) is 3.11. The van der Waals surface area contributed by atoms with Crippen molar-refractivity contribution in [2.45, 2.75) is 6.92 Å². The number of ketones is 1. The minimum Gasteiger partial charge on any atom is -0.399 e. The molecule has 0 amide bonds. The highest BCUT2D eigenvalue weighted by atomic mass is 79.9.